The SMILES string of the molecule is CCc1onc(C)c1NC(=O)[C@@H]1CC(=O)N(Cc2ccc(C)cc2)C1. The second-order valence-electron chi connectivity index (χ2n) is 6.57. The van der Waals surface area contributed by atoms with Crippen molar-refractivity contribution in [2.45, 2.75) is 40.2 Å². The van der Waals surface area contributed by atoms with E-state index in [-0.39, 0.29) is 24.2 Å². The van der Waals surface area contributed by atoms with Gasteiger partial charge >= 0.3 is 0 Å². The van der Waals surface area contributed by atoms with E-state index < -0.39 is 0 Å². The monoisotopic (exact) mass is 341 g/mol. The van der Waals surface area contributed by atoms with Crippen LogP contribution < -0.4 is 5.32 Å². The predicted octanol–water partition coefficient (Wildman–Crippen LogP) is 2.84. The molecule has 6 nitrogen and oxygen atoms in total. The molecule has 1 N–H and O–H groups in total. The van der Waals surface area contributed by atoms with E-state index in [0.29, 0.717) is 36.7 Å². The maximum absolute atomic E-state index is 12.6. The molecule has 2 amide bonds. The van der Waals surface area contributed by atoms with Gasteiger partial charge in [0.15, 0.2) is 5.76 Å². The highest BCUT2D eigenvalue weighted by molar-refractivity contribution is 5.97. The number of nitrogens with zero attached hydrogens (tertiary/aromatic N) is 2. The van der Waals surface area contributed by atoms with Gasteiger partial charge in [0.25, 0.3) is 0 Å². The largest absolute Gasteiger partial charge is 0.359 e. The molecule has 0 bridgehead atoms. The maximum Gasteiger partial charge on any atom is 0.229 e. The molecule has 1 aromatic heterocycles. The molecule has 1 saturated heterocycles. The molecule has 6 heteroatoms. The number of hydrogen-bond donors (Lipinski definition) is 1. The van der Waals surface area contributed by atoms with Gasteiger partial charge in [0.1, 0.15) is 11.4 Å². The number of anilines is 1. The van der Waals surface area contributed by atoms with E-state index in [0.717, 1.165) is 5.56 Å². The van der Waals surface area contributed by atoms with Crippen molar-refractivity contribution in [3.63, 3.8) is 0 Å². The van der Waals surface area contributed by atoms with E-state index in [1.54, 1.807) is 11.8 Å². The number of amides is 2. The van der Waals surface area contributed by atoms with Gasteiger partial charge in [-0.25, -0.2) is 0 Å². The predicted molar refractivity (Wildman–Crippen MR) is 94.0 cm³/mol. The number of nitrogens with one attached hydrogen (secondary N) is 1. The molecule has 1 aliphatic heterocycles. The highest BCUT2D eigenvalue weighted by Crippen LogP contribution is 2.25. The Labute approximate surface area is 147 Å². The van der Waals surface area contributed by atoms with Crippen LogP contribution in [0.2, 0.25) is 0 Å². The van der Waals surface area contributed by atoms with Gasteiger partial charge in [-0.1, -0.05) is 41.9 Å². The number of likely N-dealkylation sites (tertiary alicyclic amines) is 1. The molecular formula is C19H23N3O3. The van der Waals surface area contributed by atoms with E-state index in [9.17, 15) is 9.59 Å². The van der Waals surface area contributed by atoms with Crippen molar-refractivity contribution < 1.29 is 14.1 Å². The molecule has 0 aliphatic carbocycles. The molecule has 0 spiro atoms. The first-order valence-electron chi connectivity index (χ1n) is 8.57. The second kappa shape index (κ2) is 7.09. The van der Waals surface area contributed by atoms with Crippen molar-refractivity contribution >= 4 is 17.5 Å². The Hall–Kier alpha value is -2.63. The lowest BCUT2D eigenvalue weighted by Gasteiger charge is -2.17. The van der Waals surface area contributed by atoms with Crippen molar-refractivity contribution in [2.75, 3.05) is 11.9 Å². The Balaban J connectivity index is 1.64. The van der Waals surface area contributed by atoms with Crippen LogP contribution in [0.5, 0.6) is 0 Å². The van der Waals surface area contributed by atoms with Gasteiger partial charge in [-0.15, -0.1) is 0 Å². The lowest BCUT2D eigenvalue weighted by molar-refractivity contribution is -0.128. The lowest BCUT2D eigenvalue weighted by Crippen LogP contribution is -2.28. The maximum atomic E-state index is 12.6. The molecule has 2 heterocycles. The summed E-state index contributed by atoms with van der Waals surface area (Å²) in [5.74, 6) is 0.169. The minimum absolute atomic E-state index is 0.0125. The van der Waals surface area contributed by atoms with Gasteiger partial charge in [0.2, 0.25) is 11.8 Å². The quantitative estimate of drug-likeness (QED) is 0.907. The number of hydrogen-bond acceptors (Lipinski definition) is 4. The molecule has 1 atom stereocenters. The van der Waals surface area contributed by atoms with Crippen LogP contribution in [0.1, 0.15) is 35.9 Å². The fourth-order valence-corrected chi connectivity index (χ4v) is 3.06. The third kappa shape index (κ3) is 3.73. The topological polar surface area (TPSA) is 75.4 Å². The zero-order chi connectivity index (χ0) is 18.0. The van der Waals surface area contributed by atoms with Crippen LogP contribution in [0.3, 0.4) is 0 Å². The first kappa shape index (κ1) is 17.2. The summed E-state index contributed by atoms with van der Waals surface area (Å²) < 4.78 is 5.20. The van der Waals surface area contributed by atoms with Crippen molar-refractivity contribution in [3.05, 3.63) is 46.8 Å². The van der Waals surface area contributed by atoms with Crippen LogP contribution in [0.4, 0.5) is 5.69 Å². The Kier molecular flexibility index (Phi) is 4.88. The van der Waals surface area contributed by atoms with Crippen LogP contribution in [0.25, 0.3) is 0 Å². The second-order valence-corrected chi connectivity index (χ2v) is 6.57. The number of rotatable bonds is 5. The molecule has 0 radical (unpaired) electrons. The van der Waals surface area contributed by atoms with Gasteiger partial charge < -0.3 is 14.7 Å². The molecule has 1 aromatic carbocycles. The summed E-state index contributed by atoms with van der Waals surface area (Å²) in [7, 11) is 0. The normalized spacial score (nSPS) is 17.2. The van der Waals surface area contributed by atoms with Crippen LogP contribution in [0, 0.1) is 19.8 Å². The fourth-order valence-electron chi connectivity index (χ4n) is 3.06. The van der Waals surface area contributed by atoms with E-state index in [1.165, 1.54) is 5.56 Å². The van der Waals surface area contributed by atoms with E-state index in [1.807, 2.05) is 38.1 Å². The average molecular weight is 341 g/mol. The molecule has 1 aliphatic rings. The lowest BCUT2D eigenvalue weighted by atomic mass is 10.1. The molecular weight excluding hydrogens is 318 g/mol. The summed E-state index contributed by atoms with van der Waals surface area (Å²) in [4.78, 5) is 26.6. The average Bonchev–Trinajstić information content (AvgIpc) is 3.13. The number of aromatic nitrogens is 1. The summed E-state index contributed by atoms with van der Waals surface area (Å²) in [5.41, 5.74) is 3.55. The molecule has 1 fully saturated rings. The third-order valence-electron chi connectivity index (χ3n) is 4.58. The number of aryl methyl sites for hydroxylation is 3. The molecule has 2 aromatic rings. The number of benzene rings is 1. The zero-order valence-electron chi connectivity index (χ0n) is 14.8. The zero-order valence-corrected chi connectivity index (χ0v) is 14.8. The summed E-state index contributed by atoms with van der Waals surface area (Å²) >= 11 is 0. The summed E-state index contributed by atoms with van der Waals surface area (Å²) in [6.45, 7) is 6.74. The Bertz CT molecular complexity index is 780. The number of carbonyl (C=O) groups is 2. The van der Waals surface area contributed by atoms with Crippen LogP contribution in [0.15, 0.2) is 28.8 Å². The minimum atomic E-state index is -0.350. The Morgan fingerprint density at radius 1 is 1.32 bits per heavy atom. The highest BCUT2D eigenvalue weighted by Gasteiger charge is 2.34. The smallest absolute Gasteiger partial charge is 0.229 e. The molecule has 25 heavy (non-hydrogen) atoms. The highest BCUT2D eigenvalue weighted by atomic mass is 16.5. The summed E-state index contributed by atoms with van der Waals surface area (Å²) in [6, 6.07) is 8.09. The molecule has 0 saturated carbocycles. The Morgan fingerprint density at radius 3 is 2.72 bits per heavy atom. The van der Waals surface area contributed by atoms with E-state index >= 15 is 0 Å². The van der Waals surface area contributed by atoms with Crippen LogP contribution in [-0.2, 0) is 22.6 Å². The third-order valence-corrected chi connectivity index (χ3v) is 4.58. The van der Waals surface area contributed by atoms with Crippen molar-refractivity contribution in [3.8, 4) is 0 Å². The van der Waals surface area contributed by atoms with Crippen LogP contribution in [-0.4, -0.2) is 28.4 Å². The fraction of sp³-hybridized carbons (Fsp3) is 0.421. The minimum Gasteiger partial charge on any atom is -0.359 e. The summed E-state index contributed by atoms with van der Waals surface area (Å²) in [6.07, 6.45) is 0.892. The standard InChI is InChI=1S/C19H23N3O3/c1-4-16-18(13(3)21-25-16)20-19(24)15-9-17(23)22(11-15)10-14-7-5-12(2)6-8-14/h5-8,15H,4,9-11H2,1-3H3,(H,20,24)/t15-/m1/s1. The molecule has 132 valence electrons. The van der Waals surface area contributed by atoms with E-state index in [4.69, 9.17) is 4.52 Å². The first-order valence-corrected chi connectivity index (χ1v) is 8.57. The molecule has 0 unspecified atom stereocenters. The van der Waals surface area contributed by atoms with Crippen molar-refractivity contribution in [1.82, 2.24) is 10.1 Å². The van der Waals surface area contributed by atoms with Crippen LogP contribution >= 0.6 is 0 Å². The Morgan fingerprint density at radius 2 is 2.04 bits per heavy atom. The molecule has 3 rings (SSSR count). The number of carbonyl (C=O) groups excluding carboxylic acids is 2. The van der Waals surface area contributed by atoms with Gasteiger partial charge in [-0.3, -0.25) is 9.59 Å². The van der Waals surface area contributed by atoms with Gasteiger partial charge in [-0.05, 0) is 19.4 Å². The first-order chi connectivity index (χ1) is 12.0. The van der Waals surface area contributed by atoms with E-state index in [2.05, 4.69) is 10.5 Å². The van der Waals surface area contributed by atoms with Gasteiger partial charge in [0.05, 0.1) is 5.92 Å². The van der Waals surface area contributed by atoms with Crippen molar-refractivity contribution in [2.24, 2.45) is 5.92 Å². The summed E-state index contributed by atoms with van der Waals surface area (Å²) in [5, 5.41) is 6.78. The van der Waals surface area contributed by atoms with Gasteiger partial charge in [-0.2, -0.15) is 0 Å². The van der Waals surface area contributed by atoms with Crippen molar-refractivity contribution in [1.29, 1.82) is 0 Å². The van der Waals surface area contributed by atoms with Gasteiger partial charge in [0, 0.05) is 25.9 Å².